The molecule has 0 N–H and O–H groups in total. The van der Waals surface area contributed by atoms with Crippen molar-refractivity contribution in [3.8, 4) is 5.75 Å². The Balaban J connectivity index is 2.73. The number of benzene rings is 1. The molecule has 0 atom stereocenters. The Morgan fingerprint density at radius 1 is 1.14 bits per heavy atom. The van der Waals surface area contributed by atoms with Crippen molar-refractivity contribution in [3.05, 3.63) is 29.6 Å². The molecule has 0 bridgehead atoms. The molecule has 3 nitrogen and oxygen atoms in total. The maximum atomic E-state index is 5.22. The van der Waals surface area contributed by atoms with Gasteiger partial charge in [0.1, 0.15) is 5.75 Å². The van der Waals surface area contributed by atoms with Crippen LogP contribution in [-0.4, -0.2) is 17.1 Å². The number of nitrogens with zero attached hydrogens (tertiary/aromatic N) is 2. The minimum atomic E-state index is 0.857. The Hall–Kier alpha value is -1.64. The standard InChI is InChI=1S/C11H12N2O/c1-7-4-10-9(5-11(7)14-3)12-6-8(2)13-10/h4-6H,1-3H3. The van der Waals surface area contributed by atoms with E-state index in [-0.39, 0.29) is 0 Å². The molecule has 0 aliphatic heterocycles. The highest BCUT2D eigenvalue weighted by Gasteiger charge is 2.03. The zero-order valence-electron chi connectivity index (χ0n) is 8.53. The summed E-state index contributed by atoms with van der Waals surface area (Å²) < 4.78 is 5.22. The van der Waals surface area contributed by atoms with E-state index in [1.165, 1.54) is 0 Å². The zero-order chi connectivity index (χ0) is 10.1. The first-order valence-corrected chi connectivity index (χ1v) is 4.48. The van der Waals surface area contributed by atoms with E-state index >= 15 is 0 Å². The van der Waals surface area contributed by atoms with Crippen LogP contribution in [0.15, 0.2) is 18.3 Å². The molecule has 0 radical (unpaired) electrons. The normalized spacial score (nSPS) is 10.5. The Kier molecular flexibility index (Phi) is 2.08. The maximum Gasteiger partial charge on any atom is 0.124 e. The second-order valence-electron chi connectivity index (χ2n) is 3.32. The molecule has 0 saturated heterocycles. The lowest BCUT2D eigenvalue weighted by Gasteiger charge is -2.05. The lowest BCUT2D eigenvalue weighted by molar-refractivity contribution is 0.412. The van der Waals surface area contributed by atoms with Gasteiger partial charge in [-0.15, -0.1) is 0 Å². The fourth-order valence-corrected chi connectivity index (χ4v) is 1.46. The van der Waals surface area contributed by atoms with Gasteiger partial charge in [-0.05, 0) is 25.5 Å². The third-order valence-corrected chi connectivity index (χ3v) is 2.18. The van der Waals surface area contributed by atoms with Gasteiger partial charge in [0.2, 0.25) is 0 Å². The number of rotatable bonds is 1. The fourth-order valence-electron chi connectivity index (χ4n) is 1.46. The molecule has 0 saturated carbocycles. The highest BCUT2D eigenvalue weighted by Crippen LogP contribution is 2.22. The van der Waals surface area contributed by atoms with Gasteiger partial charge in [0.25, 0.3) is 0 Å². The summed E-state index contributed by atoms with van der Waals surface area (Å²) in [6.45, 7) is 3.94. The van der Waals surface area contributed by atoms with Crippen molar-refractivity contribution in [2.75, 3.05) is 7.11 Å². The molecule has 14 heavy (non-hydrogen) atoms. The molecule has 1 aromatic carbocycles. The van der Waals surface area contributed by atoms with E-state index in [1.54, 1.807) is 13.3 Å². The molecule has 0 unspecified atom stereocenters. The number of methoxy groups -OCH3 is 1. The Labute approximate surface area is 82.8 Å². The van der Waals surface area contributed by atoms with Crippen molar-refractivity contribution < 1.29 is 4.74 Å². The smallest absolute Gasteiger partial charge is 0.124 e. The minimum Gasteiger partial charge on any atom is -0.496 e. The van der Waals surface area contributed by atoms with Gasteiger partial charge in [0.15, 0.2) is 0 Å². The Morgan fingerprint density at radius 2 is 1.93 bits per heavy atom. The number of hydrogen-bond acceptors (Lipinski definition) is 3. The second kappa shape index (κ2) is 3.25. The van der Waals surface area contributed by atoms with Crippen LogP contribution in [0.4, 0.5) is 0 Å². The summed E-state index contributed by atoms with van der Waals surface area (Å²) in [6, 6.07) is 3.91. The molecule has 2 rings (SSSR count). The highest BCUT2D eigenvalue weighted by molar-refractivity contribution is 5.77. The monoisotopic (exact) mass is 188 g/mol. The van der Waals surface area contributed by atoms with Gasteiger partial charge in [-0.3, -0.25) is 4.98 Å². The minimum absolute atomic E-state index is 0.857. The van der Waals surface area contributed by atoms with Gasteiger partial charge in [0.05, 0.1) is 23.8 Å². The molecule has 0 aliphatic rings. The van der Waals surface area contributed by atoms with Crippen molar-refractivity contribution in [2.24, 2.45) is 0 Å². The van der Waals surface area contributed by atoms with E-state index < -0.39 is 0 Å². The van der Waals surface area contributed by atoms with Crippen molar-refractivity contribution in [1.29, 1.82) is 0 Å². The van der Waals surface area contributed by atoms with Crippen molar-refractivity contribution in [1.82, 2.24) is 9.97 Å². The predicted molar refractivity (Wildman–Crippen MR) is 55.6 cm³/mol. The number of aromatic nitrogens is 2. The van der Waals surface area contributed by atoms with Gasteiger partial charge in [0, 0.05) is 12.3 Å². The van der Waals surface area contributed by atoms with E-state index in [2.05, 4.69) is 9.97 Å². The van der Waals surface area contributed by atoms with Crippen LogP contribution >= 0.6 is 0 Å². The SMILES string of the molecule is COc1cc2ncc(C)nc2cc1C. The highest BCUT2D eigenvalue weighted by atomic mass is 16.5. The molecule has 3 heteroatoms. The Bertz CT molecular complexity index is 480. The molecule has 1 aromatic heterocycles. The van der Waals surface area contributed by atoms with Crippen LogP contribution in [0.2, 0.25) is 0 Å². The molecule has 0 aliphatic carbocycles. The van der Waals surface area contributed by atoms with Crippen LogP contribution in [0.5, 0.6) is 5.75 Å². The van der Waals surface area contributed by atoms with Crippen LogP contribution in [0.3, 0.4) is 0 Å². The van der Waals surface area contributed by atoms with E-state index in [0.717, 1.165) is 28.0 Å². The lowest BCUT2D eigenvalue weighted by Crippen LogP contribution is -1.91. The largest absolute Gasteiger partial charge is 0.496 e. The van der Waals surface area contributed by atoms with Gasteiger partial charge >= 0.3 is 0 Å². The number of aryl methyl sites for hydroxylation is 2. The van der Waals surface area contributed by atoms with Gasteiger partial charge < -0.3 is 4.74 Å². The summed E-state index contributed by atoms with van der Waals surface area (Å²) in [6.07, 6.45) is 1.76. The molecule has 0 fully saturated rings. The second-order valence-corrected chi connectivity index (χ2v) is 3.32. The third kappa shape index (κ3) is 1.41. The molecule has 1 heterocycles. The maximum absolute atomic E-state index is 5.22. The average Bonchev–Trinajstić information content (AvgIpc) is 2.16. The van der Waals surface area contributed by atoms with E-state index in [0.29, 0.717) is 0 Å². The molecule has 72 valence electrons. The van der Waals surface area contributed by atoms with Crippen molar-refractivity contribution in [2.45, 2.75) is 13.8 Å². The fraction of sp³-hybridized carbons (Fsp3) is 0.273. The van der Waals surface area contributed by atoms with Crippen LogP contribution in [0, 0.1) is 13.8 Å². The lowest BCUT2D eigenvalue weighted by atomic mass is 10.2. The summed E-state index contributed by atoms with van der Waals surface area (Å²) in [5.74, 6) is 0.857. The van der Waals surface area contributed by atoms with Crippen LogP contribution < -0.4 is 4.74 Å². The van der Waals surface area contributed by atoms with Gasteiger partial charge in [-0.25, -0.2) is 4.98 Å². The zero-order valence-corrected chi connectivity index (χ0v) is 8.53. The van der Waals surface area contributed by atoms with Crippen molar-refractivity contribution >= 4 is 11.0 Å². The number of ether oxygens (including phenoxy) is 1. The van der Waals surface area contributed by atoms with E-state index in [9.17, 15) is 0 Å². The molecular weight excluding hydrogens is 176 g/mol. The first kappa shape index (κ1) is 8.94. The van der Waals surface area contributed by atoms with Gasteiger partial charge in [-0.1, -0.05) is 0 Å². The average molecular weight is 188 g/mol. The summed E-state index contributed by atoms with van der Waals surface area (Å²) in [5, 5.41) is 0. The summed E-state index contributed by atoms with van der Waals surface area (Å²) in [4.78, 5) is 8.68. The third-order valence-electron chi connectivity index (χ3n) is 2.18. The van der Waals surface area contributed by atoms with Crippen LogP contribution in [0.1, 0.15) is 11.3 Å². The van der Waals surface area contributed by atoms with E-state index in [1.807, 2.05) is 26.0 Å². The predicted octanol–water partition coefficient (Wildman–Crippen LogP) is 2.26. The first-order valence-electron chi connectivity index (χ1n) is 4.48. The van der Waals surface area contributed by atoms with E-state index in [4.69, 9.17) is 4.74 Å². The molecule has 2 aromatic rings. The summed E-state index contributed by atoms with van der Waals surface area (Å²) in [7, 11) is 1.66. The summed E-state index contributed by atoms with van der Waals surface area (Å²) in [5.41, 5.74) is 3.81. The topological polar surface area (TPSA) is 35.0 Å². The van der Waals surface area contributed by atoms with Crippen LogP contribution in [0.25, 0.3) is 11.0 Å². The molecular formula is C11H12N2O. The molecule has 0 amide bonds. The van der Waals surface area contributed by atoms with Gasteiger partial charge in [-0.2, -0.15) is 0 Å². The Morgan fingerprint density at radius 3 is 2.64 bits per heavy atom. The van der Waals surface area contributed by atoms with Crippen molar-refractivity contribution in [3.63, 3.8) is 0 Å². The molecule has 0 spiro atoms. The first-order chi connectivity index (χ1) is 6.70. The quantitative estimate of drug-likeness (QED) is 0.688. The van der Waals surface area contributed by atoms with Crippen LogP contribution in [-0.2, 0) is 0 Å². The number of fused-ring (bicyclic) bond motifs is 1. The summed E-state index contributed by atoms with van der Waals surface area (Å²) >= 11 is 0. The number of hydrogen-bond donors (Lipinski definition) is 0.